The molecule has 0 amide bonds. The number of thioether (sulfide) groups is 2. The van der Waals surface area contributed by atoms with E-state index in [4.69, 9.17) is 10.2 Å². The Morgan fingerprint density at radius 1 is 0.600 bits per heavy atom. The van der Waals surface area contributed by atoms with Gasteiger partial charge < -0.3 is 20.6 Å². The number of hydrogen-bond donors (Lipinski definition) is 4. The summed E-state index contributed by atoms with van der Waals surface area (Å²) < 4.78 is 0.0664. The lowest BCUT2D eigenvalue weighted by Crippen LogP contribution is -2.21. The van der Waals surface area contributed by atoms with Crippen LogP contribution in [0, 0.1) is 0 Å². The highest BCUT2D eigenvalue weighted by atomic mass is 32.2. The van der Waals surface area contributed by atoms with Gasteiger partial charge in [0.2, 0.25) is 0 Å². The highest BCUT2D eigenvalue weighted by molar-refractivity contribution is 8.18. The lowest BCUT2D eigenvalue weighted by molar-refractivity contribution is -0.137. The molecule has 7 heteroatoms. The van der Waals surface area contributed by atoms with Crippen LogP contribution in [-0.2, 0) is 4.79 Å². The maximum absolute atomic E-state index is 11.1. The van der Waals surface area contributed by atoms with E-state index < -0.39 is 5.97 Å². The zero-order chi connectivity index (χ0) is 30.0. The minimum Gasteiger partial charge on any atom is -0.481 e. The summed E-state index contributed by atoms with van der Waals surface area (Å²) in [5, 5.41) is 28.3. The van der Waals surface area contributed by atoms with Crippen LogP contribution in [0.4, 0.5) is 0 Å². The minimum atomic E-state index is -0.653. The molecule has 0 aromatic heterocycles. The van der Waals surface area contributed by atoms with Crippen LogP contribution in [0.2, 0.25) is 0 Å². The third-order valence-corrected chi connectivity index (χ3v) is 10.5. The summed E-state index contributed by atoms with van der Waals surface area (Å²) in [6, 6.07) is 0. The number of carboxylic acids is 1. The highest BCUT2D eigenvalue weighted by Gasteiger charge is 2.25. The number of aliphatic hydroxyl groups is 2. The SMILES string of the molecule is CCCCCCCCCCCCSC(C)(CCC(=O)O)SCCCCCCCCCCCC.OCCNCCO. The molecule has 0 aliphatic rings. The van der Waals surface area contributed by atoms with E-state index in [-0.39, 0.29) is 17.3 Å². The molecule has 0 saturated heterocycles. The summed E-state index contributed by atoms with van der Waals surface area (Å²) in [7, 11) is 0. The predicted molar refractivity (Wildman–Crippen MR) is 181 cm³/mol. The zero-order valence-electron chi connectivity index (χ0n) is 26.9. The second-order valence-electron chi connectivity index (χ2n) is 11.3. The Kier molecular flexibility index (Phi) is 37.2. The van der Waals surface area contributed by atoms with Crippen LogP contribution in [0.15, 0.2) is 0 Å². The Bertz CT molecular complexity index is 467. The fraction of sp³-hybridized carbons (Fsp3) is 0.970. The van der Waals surface area contributed by atoms with Gasteiger partial charge in [0.25, 0.3) is 0 Å². The van der Waals surface area contributed by atoms with Crippen LogP contribution < -0.4 is 5.32 Å². The molecule has 4 N–H and O–H groups in total. The molecule has 0 aliphatic heterocycles. The Labute approximate surface area is 258 Å². The van der Waals surface area contributed by atoms with Crippen molar-refractivity contribution in [3.63, 3.8) is 0 Å². The fourth-order valence-electron chi connectivity index (χ4n) is 4.56. The van der Waals surface area contributed by atoms with Gasteiger partial charge in [-0.1, -0.05) is 129 Å². The van der Waals surface area contributed by atoms with Gasteiger partial charge in [-0.25, -0.2) is 0 Å². The summed E-state index contributed by atoms with van der Waals surface area (Å²) in [6.07, 6.45) is 28.6. The number of aliphatic carboxylic acids is 1. The molecular weight excluding hydrogens is 539 g/mol. The molecule has 0 radical (unpaired) electrons. The van der Waals surface area contributed by atoms with E-state index in [2.05, 4.69) is 26.1 Å². The summed E-state index contributed by atoms with van der Waals surface area (Å²) in [5.41, 5.74) is 0. The van der Waals surface area contributed by atoms with Gasteiger partial charge in [0.1, 0.15) is 0 Å². The normalized spacial score (nSPS) is 11.4. The van der Waals surface area contributed by atoms with E-state index in [9.17, 15) is 9.90 Å². The number of hydrogen-bond acceptors (Lipinski definition) is 6. The maximum Gasteiger partial charge on any atom is 0.303 e. The molecule has 0 aromatic rings. The van der Waals surface area contributed by atoms with Crippen LogP contribution in [0.1, 0.15) is 162 Å². The number of carbonyl (C=O) groups is 1. The van der Waals surface area contributed by atoms with E-state index in [1.54, 1.807) is 0 Å². The third kappa shape index (κ3) is 36.1. The fourth-order valence-corrected chi connectivity index (χ4v) is 7.44. The molecule has 242 valence electrons. The lowest BCUT2D eigenvalue weighted by Gasteiger charge is -2.28. The maximum atomic E-state index is 11.1. The first-order valence-electron chi connectivity index (χ1n) is 16.9. The second-order valence-corrected chi connectivity index (χ2v) is 14.7. The molecule has 40 heavy (non-hydrogen) atoms. The average molecular weight is 608 g/mol. The lowest BCUT2D eigenvalue weighted by atomic mass is 10.1. The van der Waals surface area contributed by atoms with Crippen molar-refractivity contribution in [1.29, 1.82) is 0 Å². The molecule has 0 heterocycles. The van der Waals surface area contributed by atoms with Gasteiger partial charge in [-0.2, -0.15) is 0 Å². The van der Waals surface area contributed by atoms with E-state index in [1.165, 1.54) is 140 Å². The highest BCUT2D eigenvalue weighted by Crippen LogP contribution is 2.42. The van der Waals surface area contributed by atoms with Crippen molar-refractivity contribution in [3.8, 4) is 0 Å². The average Bonchev–Trinajstić information content (AvgIpc) is 2.94. The number of rotatable bonds is 31. The molecule has 0 aliphatic carbocycles. The third-order valence-electron chi connectivity index (χ3n) is 7.18. The van der Waals surface area contributed by atoms with Gasteiger partial charge in [-0.3, -0.25) is 4.79 Å². The van der Waals surface area contributed by atoms with Gasteiger partial charge in [0.05, 0.1) is 17.3 Å². The van der Waals surface area contributed by atoms with Crippen LogP contribution in [0.3, 0.4) is 0 Å². The van der Waals surface area contributed by atoms with Crippen molar-refractivity contribution >= 4 is 29.5 Å². The molecule has 0 rings (SSSR count). The Balaban J connectivity index is 0. The van der Waals surface area contributed by atoms with Gasteiger partial charge >= 0.3 is 5.97 Å². The molecule has 5 nitrogen and oxygen atoms in total. The molecule has 0 saturated carbocycles. The first-order chi connectivity index (χ1) is 19.5. The molecule has 0 unspecified atom stereocenters. The van der Waals surface area contributed by atoms with Crippen molar-refractivity contribution in [1.82, 2.24) is 5.32 Å². The summed E-state index contributed by atoms with van der Waals surface area (Å²) in [6.45, 7) is 8.27. The topological polar surface area (TPSA) is 89.8 Å². The number of carboxylic acid groups (broad SMARTS) is 1. The number of unbranched alkanes of at least 4 members (excludes halogenated alkanes) is 18. The van der Waals surface area contributed by atoms with Crippen molar-refractivity contribution in [2.75, 3.05) is 37.8 Å². The molecule has 0 spiro atoms. The van der Waals surface area contributed by atoms with Crippen LogP contribution in [0.25, 0.3) is 0 Å². The second kappa shape index (κ2) is 35.2. The first-order valence-corrected chi connectivity index (χ1v) is 18.8. The van der Waals surface area contributed by atoms with Gasteiger partial charge in [-0.05, 0) is 37.7 Å². The van der Waals surface area contributed by atoms with Crippen molar-refractivity contribution in [2.45, 2.75) is 166 Å². The van der Waals surface area contributed by atoms with Crippen molar-refractivity contribution < 1.29 is 20.1 Å². The quantitative estimate of drug-likeness (QED) is 0.0461. The van der Waals surface area contributed by atoms with E-state index >= 15 is 0 Å². The van der Waals surface area contributed by atoms with Gasteiger partial charge in [0, 0.05) is 19.5 Å². The van der Waals surface area contributed by atoms with Crippen LogP contribution >= 0.6 is 23.5 Å². The zero-order valence-corrected chi connectivity index (χ0v) is 28.5. The summed E-state index contributed by atoms with van der Waals surface area (Å²) in [5.74, 6) is 1.70. The van der Waals surface area contributed by atoms with Crippen LogP contribution in [-0.4, -0.2) is 63.2 Å². The number of aliphatic hydroxyl groups excluding tert-OH is 2. The molecule has 0 bridgehead atoms. The van der Waals surface area contributed by atoms with E-state index in [1.807, 2.05) is 23.5 Å². The van der Waals surface area contributed by atoms with Crippen molar-refractivity contribution in [2.24, 2.45) is 0 Å². The van der Waals surface area contributed by atoms with E-state index in [0.29, 0.717) is 19.5 Å². The summed E-state index contributed by atoms with van der Waals surface area (Å²) in [4.78, 5) is 11.1. The first kappa shape index (κ1) is 42.2. The number of nitrogens with one attached hydrogen (secondary N) is 1. The van der Waals surface area contributed by atoms with Gasteiger partial charge in [-0.15, -0.1) is 23.5 Å². The monoisotopic (exact) mass is 607 g/mol. The van der Waals surface area contributed by atoms with E-state index in [0.717, 1.165) is 6.42 Å². The summed E-state index contributed by atoms with van der Waals surface area (Å²) >= 11 is 4.05. The van der Waals surface area contributed by atoms with Crippen LogP contribution in [0.5, 0.6) is 0 Å². The van der Waals surface area contributed by atoms with Gasteiger partial charge in [0.15, 0.2) is 0 Å². The Hall–Kier alpha value is 0.0500. The largest absolute Gasteiger partial charge is 0.481 e. The standard InChI is InChI=1S/C29H58O2S2.C4H11NO2/c1-4-6-8-10-12-14-16-18-20-22-26-32-29(3,25-24-28(30)31)33-27-23-21-19-17-15-13-11-9-7-5-2;6-3-1-5-2-4-7/h4-27H2,1-3H3,(H,30,31);5-7H,1-4H2. The predicted octanol–water partition coefficient (Wildman–Crippen LogP) is 9.44. The molecule has 0 fully saturated rings. The van der Waals surface area contributed by atoms with Crippen molar-refractivity contribution in [3.05, 3.63) is 0 Å². The molecule has 0 aromatic carbocycles. The molecule has 0 atom stereocenters. The molecular formula is C33H69NO4S2. The Morgan fingerprint density at radius 2 is 0.925 bits per heavy atom. The smallest absolute Gasteiger partial charge is 0.303 e. The Morgan fingerprint density at radius 3 is 1.23 bits per heavy atom. The minimum absolute atomic E-state index is 0.0664.